The number of hydrogen-bond donors (Lipinski definition) is 1. The van der Waals surface area contributed by atoms with Crippen LogP contribution in [-0.2, 0) is 0 Å². The van der Waals surface area contributed by atoms with Crippen molar-refractivity contribution >= 4 is 0 Å². The van der Waals surface area contributed by atoms with E-state index in [1.54, 1.807) is 0 Å². The van der Waals surface area contributed by atoms with E-state index in [0.717, 1.165) is 12.8 Å². The Bertz CT molecular complexity index is 275. The van der Waals surface area contributed by atoms with E-state index >= 15 is 0 Å². The zero-order chi connectivity index (χ0) is 21.3. The number of unbranched alkanes of at least 4 members (excludes halogenated alkanes) is 21. The van der Waals surface area contributed by atoms with Crippen molar-refractivity contribution in [2.45, 2.75) is 180 Å². The highest BCUT2D eigenvalue weighted by Crippen LogP contribution is 2.16. The van der Waals surface area contributed by atoms with Gasteiger partial charge in [0.1, 0.15) is 0 Å². The molecule has 0 aliphatic rings. The summed E-state index contributed by atoms with van der Waals surface area (Å²) >= 11 is 0. The fraction of sp³-hybridized carbons (Fsp3) is 1.00. The van der Waals surface area contributed by atoms with Crippen molar-refractivity contribution in [2.75, 3.05) is 0 Å². The van der Waals surface area contributed by atoms with E-state index in [1.165, 1.54) is 148 Å². The summed E-state index contributed by atoms with van der Waals surface area (Å²) in [6.07, 6.45) is 34.2. The van der Waals surface area contributed by atoms with Crippen molar-refractivity contribution in [1.29, 1.82) is 0 Å². The van der Waals surface area contributed by atoms with Crippen LogP contribution >= 0.6 is 0 Å². The van der Waals surface area contributed by atoms with Crippen LogP contribution in [0.25, 0.3) is 0 Å². The van der Waals surface area contributed by atoms with Crippen LogP contribution in [0.5, 0.6) is 0 Å². The van der Waals surface area contributed by atoms with Crippen molar-refractivity contribution in [3.8, 4) is 0 Å². The number of hydrogen-bond acceptors (Lipinski definition) is 1. The molecule has 0 aromatic heterocycles. The monoisotopic (exact) mass is 410 g/mol. The van der Waals surface area contributed by atoms with Crippen molar-refractivity contribution in [3.63, 3.8) is 0 Å². The van der Waals surface area contributed by atoms with Crippen molar-refractivity contribution in [3.05, 3.63) is 0 Å². The van der Waals surface area contributed by atoms with Crippen LogP contribution in [0.3, 0.4) is 0 Å². The Kier molecular flexibility index (Phi) is 26.0. The van der Waals surface area contributed by atoms with Crippen LogP contribution in [-0.4, -0.2) is 11.2 Å². The van der Waals surface area contributed by atoms with Gasteiger partial charge in [-0.1, -0.05) is 162 Å². The van der Waals surface area contributed by atoms with Gasteiger partial charge in [0.2, 0.25) is 0 Å². The largest absolute Gasteiger partial charge is 0.393 e. The first-order valence-electron chi connectivity index (χ1n) is 14.0. The molecule has 1 unspecified atom stereocenters. The Labute approximate surface area is 185 Å². The normalized spacial score (nSPS) is 12.5. The molecule has 0 aromatic rings. The summed E-state index contributed by atoms with van der Waals surface area (Å²) in [6.45, 7) is 4.57. The Balaban J connectivity index is 3.10. The number of aliphatic hydroxyl groups excluding tert-OH is 1. The van der Waals surface area contributed by atoms with Gasteiger partial charge >= 0.3 is 0 Å². The van der Waals surface area contributed by atoms with E-state index in [-0.39, 0.29) is 6.10 Å². The molecule has 0 saturated heterocycles. The van der Waals surface area contributed by atoms with E-state index in [4.69, 9.17) is 0 Å². The van der Waals surface area contributed by atoms with Gasteiger partial charge in [0.05, 0.1) is 6.10 Å². The van der Waals surface area contributed by atoms with E-state index in [1.807, 2.05) is 0 Å². The lowest BCUT2D eigenvalue weighted by molar-refractivity contribution is 0.147. The summed E-state index contributed by atoms with van der Waals surface area (Å²) in [4.78, 5) is 0. The molecule has 0 heterocycles. The highest BCUT2D eigenvalue weighted by molar-refractivity contribution is 4.58. The fourth-order valence-corrected chi connectivity index (χ4v) is 4.41. The Hall–Kier alpha value is -0.0400. The second kappa shape index (κ2) is 26.0. The molecule has 176 valence electrons. The van der Waals surface area contributed by atoms with Gasteiger partial charge in [-0.3, -0.25) is 0 Å². The summed E-state index contributed by atoms with van der Waals surface area (Å²) < 4.78 is 0. The molecule has 1 heteroatoms. The summed E-state index contributed by atoms with van der Waals surface area (Å²) in [5.41, 5.74) is 0. The first-order chi connectivity index (χ1) is 14.3. The van der Waals surface area contributed by atoms with Crippen molar-refractivity contribution in [1.82, 2.24) is 0 Å². The minimum absolute atomic E-state index is 0.0303. The average molecular weight is 411 g/mol. The van der Waals surface area contributed by atoms with Gasteiger partial charge in [-0.05, 0) is 12.8 Å². The topological polar surface area (TPSA) is 20.2 Å². The quantitative estimate of drug-likeness (QED) is 0.148. The molecule has 0 radical (unpaired) electrons. The maximum absolute atomic E-state index is 10.1. The lowest BCUT2D eigenvalue weighted by Gasteiger charge is -2.10. The molecule has 1 nitrogen and oxygen atoms in total. The molecule has 29 heavy (non-hydrogen) atoms. The Morgan fingerprint density at radius 1 is 0.345 bits per heavy atom. The van der Waals surface area contributed by atoms with Gasteiger partial charge in [0.15, 0.2) is 0 Å². The first-order valence-corrected chi connectivity index (χ1v) is 14.0. The highest BCUT2D eigenvalue weighted by Gasteiger charge is 2.03. The van der Waals surface area contributed by atoms with Crippen LogP contribution < -0.4 is 0 Å². The maximum Gasteiger partial charge on any atom is 0.0540 e. The molecule has 0 spiro atoms. The molecule has 0 bridgehead atoms. The van der Waals surface area contributed by atoms with E-state index in [0.29, 0.717) is 0 Å². The second-order valence-electron chi connectivity index (χ2n) is 9.66. The highest BCUT2D eigenvalue weighted by atomic mass is 16.3. The van der Waals surface area contributed by atoms with Gasteiger partial charge in [0.25, 0.3) is 0 Å². The molecule has 1 N–H and O–H groups in total. The van der Waals surface area contributed by atoms with E-state index < -0.39 is 0 Å². The minimum atomic E-state index is -0.0303. The summed E-state index contributed by atoms with van der Waals surface area (Å²) in [6, 6.07) is 0. The molecule has 0 aliphatic heterocycles. The van der Waals surface area contributed by atoms with Crippen LogP contribution in [0.2, 0.25) is 0 Å². The lowest BCUT2D eigenvalue weighted by atomic mass is 10.0. The maximum atomic E-state index is 10.1. The first kappa shape index (κ1) is 29.0. The molecule has 0 amide bonds. The zero-order valence-corrected chi connectivity index (χ0v) is 20.7. The Morgan fingerprint density at radius 2 is 0.552 bits per heavy atom. The lowest BCUT2D eigenvalue weighted by Crippen LogP contribution is -2.05. The Morgan fingerprint density at radius 3 is 0.793 bits per heavy atom. The van der Waals surface area contributed by atoms with Gasteiger partial charge in [-0.25, -0.2) is 0 Å². The molecule has 0 saturated carbocycles. The third kappa shape index (κ3) is 25.9. The SMILES string of the molecule is CCCCCCCCCCCCCCCCCCC(O)CCCCCCCCC. The molecule has 1 atom stereocenters. The molecule has 0 rings (SSSR count). The summed E-state index contributed by atoms with van der Waals surface area (Å²) in [5.74, 6) is 0. The molecular weight excluding hydrogens is 352 g/mol. The summed E-state index contributed by atoms with van der Waals surface area (Å²) in [7, 11) is 0. The third-order valence-corrected chi connectivity index (χ3v) is 6.53. The van der Waals surface area contributed by atoms with Gasteiger partial charge in [-0.15, -0.1) is 0 Å². The van der Waals surface area contributed by atoms with Gasteiger partial charge in [0, 0.05) is 0 Å². The average Bonchev–Trinajstić information content (AvgIpc) is 2.72. The van der Waals surface area contributed by atoms with Crippen molar-refractivity contribution in [2.24, 2.45) is 0 Å². The van der Waals surface area contributed by atoms with Crippen LogP contribution in [0, 0.1) is 0 Å². The molecule has 0 aliphatic carbocycles. The minimum Gasteiger partial charge on any atom is -0.393 e. The summed E-state index contributed by atoms with van der Waals surface area (Å²) in [5, 5.41) is 10.1. The van der Waals surface area contributed by atoms with Gasteiger partial charge in [-0.2, -0.15) is 0 Å². The zero-order valence-electron chi connectivity index (χ0n) is 20.7. The van der Waals surface area contributed by atoms with E-state index in [2.05, 4.69) is 13.8 Å². The molecule has 0 fully saturated rings. The van der Waals surface area contributed by atoms with Crippen LogP contribution in [0.15, 0.2) is 0 Å². The third-order valence-electron chi connectivity index (χ3n) is 6.53. The number of rotatable bonds is 25. The predicted molar refractivity (Wildman–Crippen MR) is 133 cm³/mol. The smallest absolute Gasteiger partial charge is 0.0540 e. The van der Waals surface area contributed by atoms with E-state index in [9.17, 15) is 5.11 Å². The van der Waals surface area contributed by atoms with Crippen molar-refractivity contribution < 1.29 is 5.11 Å². The van der Waals surface area contributed by atoms with Crippen LogP contribution in [0.1, 0.15) is 174 Å². The predicted octanol–water partition coefficient (Wildman–Crippen LogP) is 10.1. The fourth-order valence-electron chi connectivity index (χ4n) is 4.41. The standard InChI is InChI=1S/C28H58O/c1-3-5-7-9-11-12-13-14-15-16-17-18-19-21-23-25-27-28(29)26-24-22-20-10-8-6-4-2/h28-29H,3-27H2,1-2H3. The van der Waals surface area contributed by atoms with Crippen LogP contribution in [0.4, 0.5) is 0 Å². The molecule has 0 aromatic carbocycles. The number of aliphatic hydroxyl groups is 1. The van der Waals surface area contributed by atoms with Gasteiger partial charge < -0.3 is 5.11 Å². The second-order valence-corrected chi connectivity index (χ2v) is 9.66. The molecular formula is C28H58O.